The van der Waals surface area contributed by atoms with E-state index in [9.17, 15) is 4.79 Å². The summed E-state index contributed by atoms with van der Waals surface area (Å²) < 4.78 is 5.40. The molecule has 0 heterocycles. The summed E-state index contributed by atoms with van der Waals surface area (Å²) >= 11 is 0. The van der Waals surface area contributed by atoms with Gasteiger partial charge in [-0.3, -0.25) is 0 Å². The molecule has 0 aromatic rings. The van der Waals surface area contributed by atoms with Crippen molar-refractivity contribution in [3.05, 3.63) is 0 Å². The fourth-order valence-electron chi connectivity index (χ4n) is 3.53. The molecule has 0 unspecified atom stereocenters. The second-order valence-corrected chi connectivity index (χ2v) is 7.65. The van der Waals surface area contributed by atoms with E-state index in [1.807, 2.05) is 20.8 Å². The molecule has 2 atom stereocenters. The maximum absolute atomic E-state index is 12.0. The van der Waals surface area contributed by atoms with Crippen LogP contribution in [0.15, 0.2) is 0 Å². The Hall–Kier alpha value is -0.770. The monoisotopic (exact) mass is 296 g/mol. The molecule has 0 aromatic carbocycles. The minimum atomic E-state index is -0.426. The zero-order chi connectivity index (χ0) is 15.3. The Bertz CT molecular complexity index is 332. The predicted octanol–water partition coefficient (Wildman–Crippen LogP) is 3.74. The first kappa shape index (κ1) is 16.6. The number of hydrogen-bond acceptors (Lipinski definition) is 3. The topological polar surface area (TPSA) is 50.4 Å². The first-order valence-electron chi connectivity index (χ1n) is 8.69. The van der Waals surface area contributed by atoms with E-state index in [0.717, 1.165) is 12.8 Å². The van der Waals surface area contributed by atoms with Crippen LogP contribution < -0.4 is 10.6 Å². The molecule has 0 aliphatic heterocycles. The molecule has 4 heteroatoms. The molecule has 0 bridgehead atoms. The summed E-state index contributed by atoms with van der Waals surface area (Å²) in [6, 6.07) is 1.27. The Balaban J connectivity index is 1.84. The van der Waals surface area contributed by atoms with Gasteiger partial charge < -0.3 is 15.4 Å². The van der Waals surface area contributed by atoms with Gasteiger partial charge in [0.25, 0.3) is 0 Å². The molecule has 0 aromatic heterocycles. The lowest BCUT2D eigenvalue weighted by atomic mass is 9.87. The minimum Gasteiger partial charge on any atom is -0.444 e. The Labute approximate surface area is 129 Å². The number of alkyl carbamates (subject to hydrolysis) is 1. The van der Waals surface area contributed by atoms with E-state index in [4.69, 9.17) is 4.74 Å². The van der Waals surface area contributed by atoms with Crippen LogP contribution in [0.5, 0.6) is 0 Å². The molecule has 0 saturated heterocycles. The van der Waals surface area contributed by atoms with Gasteiger partial charge in [0.15, 0.2) is 0 Å². The van der Waals surface area contributed by atoms with Gasteiger partial charge in [0.05, 0.1) is 0 Å². The number of ether oxygens (including phenoxy) is 1. The number of amides is 1. The van der Waals surface area contributed by atoms with E-state index in [-0.39, 0.29) is 12.1 Å². The molecule has 2 fully saturated rings. The fourth-order valence-corrected chi connectivity index (χ4v) is 3.53. The van der Waals surface area contributed by atoms with Crippen LogP contribution in [-0.4, -0.2) is 29.8 Å². The molecular formula is C17H32N2O2. The van der Waals surface area contributed by atoms with Crippen LogP contribution in [-0.2, 0) is 4.74 Å². The van der Waals surface area contributed by atoms with Crippen molar-refractivity contribution in [1.82, 2.24) is 10.6 Å². The molecule has 0 spiro atoms. The highest BCUT2D eigenvalue weighted by Gasteiger charge is 2.30. The van der Waals surface area contributed by atoms with Gasteiger partial charge in [-0.05, 0) is 46.5 Å². The zero-order valence-electron chi connectivity index (χ0n) is 13.9. The number of nitrogens with one attached hydrogen (secondary N) is 2. The Kier molecular flexibility index (Phi) is 5.91. The predicted molar refractivity (Wildman–Crippen MR) is 85.4 cm³/mol. The summed E-state index contributed by atoms with van der Waals surface area (Å²) in [5.74, 6) is 0. The van der Waals surface area contributed by atoms with Gasteiger partial charge in [-0.15, -0.1) is 0 Å². The summed E-state index contributed by atoms with van der Waals surface area (Å²) in [6.45, 7) is 5.72. The number of carbonyl (C=O) groups is 1. The van der Waals surface area contributed by atoms with Crippen molar-refractivity contribution >= 4 is 6.09 Å². The van der Waals surface area contributed by atoms with Gasteiger partial charge in [0, 0.05) is 18.1 Å². The SMILES string of the molecule is CC(C)(C)OC(=O)N[C@H]1CCCC[C@@H]1NC1CCCCC1. The lowest BCUT2D eigenvalue weighted by Crippen LogP contribution is -2.55. The van der Waals surface area contributed by atoms with Gasteiger partial charge in [0.2, 0.25) is 0 Å². The molecule has 2 saturated carbocycles. The third-order valence-corrected chi connectivity index (χ3v) is 4.52. The Morgan fingerprint density at radius 2 is 1.48 bits per heavy atom. The molecule has 21 heavy (non-hydrogen) atoms. The van der Waals surface area contributed by atoms with Crippen molar-refractivity contribution in [1.29, 1.82) is 0 Å². The van der Waals surface area contributed by atoms with Gasteiger partial charge in [-0.25, -0.2) is 4.79 Å². The third-order valence-electron chi connectivity index (χ3n) is 4.52. The lowest BCUT2D eigenvalue weighted by molar-refractivity contribution is 0.0475. The van der Waals surface area contributed by atoms with E-state index >= 15 is 0 Å². The number of carbonyl (C=O) groups excluding carboxylic acids is 1. The van der Waals surface area contributed by atoms with Crippen molar-refractivity contribution in [2.45, 2.75) is 102 Å². The Morgan fingerprint density at radius 1 is 0.905 bits per heavy atom. The van der Waals surface area contributed by atoms with Crippen LogP contribution in [0.4, 0.5) is 4.79 Å². The lowest BCUT2D eigenvalue weighted by Gasteiger charge is -2.37. The van der Waals surface area contributed by atoms with Gasteiger partial charge >= 0.3 is 6.09 Å². The van der Waals surface area contributed by atoms with Crippen LogP contribution in [0.1, 0.15) is 78.6 Å². The van der Waals surface area contributed by atoms with Gasteiger partial charge in [-0.1, -0.05) is 32.1 Å². The smallest absolute Gasteiger partial charge is 0.407 e. The molecule has 2 rings (SSSR count). The summed E-state index contributed by atoms with van der Waals surface area (Å²) in [7, 11) is 0. The first-order valence-corrected chi connectivity index (χ1v) is 8.69. The summed E-state index contributed by atoms with van der Waals surface area (Å²) in [4.78, 5) is 12.0. The largest absolute Gasteiger partial charge is 0.444 e. The van der Waals surface area contributed by atoms with E-state index < -0.39 is 5.60 Å². The second-order valence-electron chi connectivity index (χ2n) is 7.65. The van der Waals surface area contributed by atoms with Crippen molar-refractivity contribution in [2.24, 2.45) is 0 Å². The zero-order valence-corrected chi connectivity index (χ0v) is 13.9. The molecule has 2 aliphatic carbocycles. The van der Waals surface area contributed by atoms with Crippen LogP contribution in [0.25, 0.3) is 0 Å². The average molecular weight is 296 g/mol. The highest BCUT2D eigenvalue weighted by molar-refractivity contribution is 5.68. The molecule has 0 radical (unpaired) electrons. The maximum atomic E-state index is 12.0. The second kappa shape index (κ2) is 7.48. The molecule has 1 amide bonds. The minimum absolute atomic E-state index is 0.218. The third kappa shape index (κ3) is 5.85. The van der Waals surface area contributed by atoms with Gasteiger partial charge in [0.1, 0.15) is 5.60 Å². The summed E-state index contributed by atoms with van der Waals surface area (Å²) in [5, 5.41) is 6.90. The van der Waals surface area contributed by atoms with Crippen LogP contribution >= 0.6 is 0 Å². The van der Waals surface area contributed by atoms with Crippen molar-refractivity contribution in [2.75, 3.05) is 0 Å². The molecule has 4 nitrogen and oxygen atoms in total. The van der Waals surface area contributed by atoms with Crippen molar-refractivity contribution in [3.63, 3.8) is 0 Å². The molecular weight excluding hydrogens is 264 g/mol. The van der Waals surface area contributed by atoms with Crippen LogP contribution in [0, 0.1) is 0 Å². The summed E-state index contributed by atoms with van der Waals surface area (Å²) in [6.07, 6.45) is 11.0. The highest BCUT2D eigenvalue weighted by Crippen LogP contribution is 2.23. The quantitative estimate of drug-likeness (QED) is 0.834. The number of hydrogen-bond donors (Lipinski definition) is 2. The van der Waals surface area contributed by atoms with Crippen molar-refractivity contribution < 1.29 is 9.53 Å². The van der Waals surface area contributed by atoms with Crippen LogP contribution in [0.2, 0.25) is 0 Å². The molecule has 2 N–H and O–H groups in total. The summed E-state index contributed by atoms with van der Waals surface area (Å²) in [5.41, 5.74) is -0.426. The first-order chi connectivity index (χ1) is 9.94. The average Bonchev–Trinajstić information content (AvgIpc) is 2.40. The van der Waals surface area contributed by atoms with Crippen LogP contribution in [0.3, 0.4) is 0 Å². The standard InChI is InChI=1S/C17H32N2O2/c1-17(2,3)21-16(20)19-15-12-8-7-11-14(15)18-13-9-5-4-6-10-13/h13-15,18H,4-12H2,1-3H3,(H,19,20)/t14-,15-/m0/s1. The Morgan fingerprint density at radius 3 is 2.10 bits per heavy atom. The van der Waals surface area contributed by atoms with E-state index in [1.54, 1.807) is 0 Å². The maximum Gasteiger partial charge on any atom is 0.407 e. The van der Waals surface area contributed by atoms with E-state index in [1.165, 1.54) is 44.9 Å². The van der Waals surface area contributed by atoms with Gasteiger partial charge in [-0.2, -0.15) is 0 Å². The van der Waals surface area contributed by atoms with Crippen molar-refractivity contribution in [3.8, 4) is 0 Å². The van der Waals surface area contributed by atoms with E-state index in [2.05, 4.69) is 10.6 Å². The van der Waals surface area contributed by atoms with E-state index in [0.29, 0.717) is 12.1 Å². The normalized spacial score (nSPS) is 28.1. The number of rotatable bonds is 3. The molecule has 2 aliphatic rings. The highest BCUT2D eigenvalue weighted by atomic mass is 16.6. The fraction of sp³-hybridized carbons (Fsp3) is 0.941. The molecule has 122 valence electrons.